The third-order valence-electron chi connectivity index (χ3n) is 2.73. The fraction of sp³-hybridized carbons (Fsp3) is 0.917. The number of methoxy groups -OCH3 is 1. The molecule has 0 spiro atoms. The first-order chi connectivity index (χ1) is 8.10. The molecule has 0 radical (unpaired) electrons. The van der Waals surface area contributed by atoms with Gasteiger partial charge < -0.3 is 19.5 Å². The van der Waals surface area contributed by atoms with E-state index in [1.807, 2.05) is 0 Å². The van der Waals surface area contributed by atoms with E-state index < -0.39 is 5.41 Å². The summed E-state index contributed by atoms with van der Waals surface area (Å²) in [4.78, 5) is 11.5. The van der Waals surface area contributed by atoms with Crippen LogP contribution in [0.5, 0.6) is 0 Å². The van der Waals surface area contributed by atoms with E-state index in [0.29, 0.717) is 32.3 Å². The average Bonchev–Trinajstić information content (AvgIpc) is 2.24. The van der Waals surface area contributed by atoms with Crippen LogP contribution in [0.15, 0.2) is 0 Å². The Labute approximate surface area is 103 Å². The maximum Gasteiger partial charge on any atom is 0.318 e. The lowest BCUT2D eigenvalue weighted by atomic mass is 9.87. The van der Waals surface area contributed by atoms with Crippen molar-refractivity contribution in [3.05, 3.63) is 0 Å². The van der Waals surface area contributed by atoms with E-state index in [2.05, 4.69) is 19.2 Å². The summed E-state index contributed by atoms with van der Waals surface area (Å²) in [5.74, 6) is 0.398. The van der Waals surface area contributed by atoms with E-state index in [9.17, 15) is 4.79 Å². The van der Waals surface area contributed by atoms with Crippen molar-refractivity contribution in [3.8, 4) is 0 Å². The molecule has 0 saturated carbocycles. The Morgan fingerprint density at radius 3 is 2.65 bits per heavy atom. The Morgan fingerprint density at radius 2 is 2.18 bits per heavy atom. The number of nitrogens with one attached hydrogen (secondary N) is 1. The third-order valence-corrected chi connectivity index (χ3v) is 2.73. The Balaban J connectivity index is 2.10. The van der Waals surface area contributed by atoms with Crippen molar-refractivity contribution in [2.24, 2.45) is 11.3 Å². The van der Waals surface area contributed by atoms with E-state index in [0.717, 1.165) is 13.1 Å². The predicted octanol–water partition coefficient (Wildman–Crippen LogP) is 0.438. The summed E-state index contributed by atoms with van der Waals surface area (Å²) in [6.07, 6.45) is 0. The van der Waals surface area contributed by atoms with Gasteiger partial charge in [-0.2, -0.15) is 0 Å². The molecule has 0 aromatic carbocycles. The predicted molar refractivity (Wildman–Crippen MR) is 63.8 cm³/mol. The van der Waals surface area contributed by atoms with Crippen LogP contribution in [-0.4, -0.2) is 52.6 Å². The molecule has 0 aliphatic carbocycles. The quantitative estimate of drug-likeness (QED) is 0.497. The molecule has 1 aliphatic heterocycles. The van der Waals surface area contributed by atoms with Crippen LogP contribution in [0.3, 0.4) is 0 Å². The normalized spacial score (nSPS) is 17.9. The van der Waals surface area contributed by atoms with Crippen molar-refractivity contribution >= 4 is 5.97 Å². The van der Waals surface area contributed by atoms with Crippen LogP contribution >= 0.6 is 0 Å². The molecule has 1 fully saturated rings. The molecular weight excluding hydrogens is 222 g/mol. The zero-order chi connectivity index (χ0) is 12.7. The summed E-state index contributed by atoms with van der Waals surface area (Å²) in [6, 6.07) is 0. The number of hydrogen-bond donors (Lipinski definition) is 1. The van der Waals surface area contributed by atoms with Gasteiger partial charge in [0.25, 0.3) is 0 Å². The molecule has 0 amide bonds. The first kappa shape index (κ1) is 14.4. The Kier molecular flexibility index (Phi) is 5.88. The van der Waals surface area contributed by atoms with E-state index in [-0.39, 0.29) is 5.97 Å². The number of rotatable bonds is 8. The van der Waals surface area contributed by atoms with Gasteiger partial charge in [-0.25, -0.2) is 0 Å². The van der Waals surface area contributed by atoms with Gasteiger partial charge in [0.15, 0.2) is 0 Å². The Morgan fingerprint density at radius 1 is 1.47 bits per heavy atom. The average molecular weight is 245 g/mol. The molecule has 5 nitrogen and oxygen atoms in total. The van der Waals surface area contributed by atoms with Crippen LogP contribution in [0.2, 0.25) is 0 Å². The number of ether oxygens (including phenoxy) is 3. The lowest BCUT2D eigenvalue weighted by Gasteiger charge is -2.37. The SMILES string of the molecule is COC(=O)C1(COCCNCC(C)C)COC1. The van der Waals surface area contributed by atoms with Crippen LogP contribution in [0.4, 0.5) is 0 Å². The van der Waals surface area contributed by atoms with Crippen molar-refractivity contribution in [2.45, 2.75) is 13.8 Å². The van der Waals surface area contributed by atoms with E-state index >= 15 is 0 Å². The van der Waals surface area contributed by atoms with Crippen molar-refractivity contribution in [1.82, 2.24) is 5.32 Å². The van der Waals surface area contributed by atoms with Gasteiger partial charge in [0.1, 0.15) is 5.41 Å². The van der Waals surface area contributed by atoms with Crippen LogP contribution in [0.1, 0.15) is 13.8 Å². The molecule has 1 rings (SSSR count). The fourth-order valence-electron chi connectivity index (χ4n) is 1.63. The molecule has 0 atom stereocenters. The van der Waals surface area contributed by atoms with Gasteiger partial charge >= 0.3 is 5.97 Å². The molecule has 0 bridgehead atoms. The first-order valence-corrected chi connectivity index (χ1v) is 6.05. The highest BCUT2D eigenvalue weighted by atomic mass is 16.6. The summed E-state index contributed by atoms with van der Waals surface area (Å²) in [7, 11) is 1.40. The summed E-state index contributed by atoms with van der Waals surface area (Å²) in [6.45, 7) is 7.88. The summed E-state index contributed by atoms with van der Waals surface area (Å²) >= 11 is 0. The topological polar surface area (TPSA) is 56.8 Å². The largest absolute Gasteiger partial charge is 0.468 e. The van der Waals surface area contributed by atoms with Crippen LogP contribution in [-0.2, 0) is 19.0 Å². The standard InChI is InChI=1S/C12H23NO4/c1-10(2)6-13-4-5-16-7-12(8-17-9-12)11(14)15-3/h10,13H,4-9H2,1-3H3. The van der Waals surface area contributed by atoms with Crippen LogP contribution in [0, 0.1) is 11.3 Å². The molecule has 1 aliphatic rings. The molecule has 100 valence electrons. The summed E-state index contributed by atoms with van der Waals surface area (Å²) < 4.78 is 15.3. The van der Waals surface area contributed by atoms with Crippen LogP contribution < -0.4 is 5.32 Å². The monoisotopic (exact) mass is 245 g/mol. The Bertz CT molecular complexity index is 239. The van der Waals surface area contributed by atoms with Gasteiger partial charge in [0.05, 0.1) is 33.5 Å². The van der Waals surface area contributed by atoms with Crippen molar-refractivity contribution in [3.63, 3.8) is 0 Å². The minimum atomic E-state index is -0.563. The van der Waals surface area contributed by atoms with Gasteiger partial charge in [-0.3, -0.25) is 4.79 Å². The molecule has 0 aromatic heterocycles. The van der Waals surface area contributed by atoms with Gasteiger partial charge in [-0.15, -0.1) is 0 Å². The van der Waals surface area contributed by atoms with Gasteiger partial charge in [0.2, 0.25) is 0 Å². The third kappa shape index (κ3) is 4.26. The molecular formula is C12H23NO4. The maximum atomic E-state index is 11.5. The molecule has 1 N–H and O–H groups in total. The molecule has 5 heteroatoms. The van der Waals surface area contributed by atoms with Gasteiger partial charge in [0, 0.05) is 6.54 Å². The zero-order valence-electron chi connectivity index (χ0n) is 11.0. The number of carbonyl (C=O) groups is 1. The Hall–Kier alpha value is -0.650. The molecule has 17 heavy (non-hydrogen) atoms. The number of carbonyl (C=O) groups excluding carboxylic acids is 1. The van der Waals surface area contributed by atoms with E-state index in [4.69, 9.17) is 14.2 Å². The minimum absolute atomic E-state index is 0.237. The van der Waals surface area contributed by atoms with Crippen molar-refractivity contribution in [2.75, 3.05) is 46.6 Å². The first-order valence-electron chi connectivity index (χ1n) is 6.05. The molecule has 0 unspecified atom stereocenters. The second-order valence-corrected chi connectivity index (χ2v) is 4.92. The highest BCUT2D eigenvalue weighted by Gasteiger charge is 2.47. The zero-order valence-corrected chi connectivity index (χ0v) is 11.0. The van der Waals surface area contributed by atoms with Crippen LogP contribution in [0.25, 0.3) is 0 Å². The number of esters is 1. The lowest BCUT2D eigenvalue weighted by molar-refractivity contribution is -0.194. The second-order valence-electron chi connectivity index (χ2n) is 4.92. The molecule has 0 aromatic rings. The highest BCUT2D eigenvalue weighted by molar-refractivity contribution is 5.78. The maximum absolute atomic E-state index is 11.5. The van der Waals surface area contributed by atoms with E-state index in [1.54, 1.807) is 0 Å². The minimum Gasteiger partial charge on any atom is -0.468 e. The van der Waals surface area contributed by atoms with E-state index in [1.165, 1.54) is 7.11 Å². The summed E-state index contributed by atoms with van der Waals surface area (Å²) in [5.41, 5.74) is -0.563. The molecule has 1 heterocycles. The van der Waals surface area contributed by atoms with Crippen molar-refractivity contribution < 1.29 is 19.0 Å². The molecule has 1 saturated heterocycles. The second kappa shape index (κ2) is 6.93. The number of hydrogen-bond acceptors (Lipinski definition) is 5. The summed E-state index contributed by atoms with van der Waals surface area (Å²) in [5, 5.41) is 3.28. The fourth-order valence-corrected chi connectivity index (χ4v) is 1.63. The van der Waals surface area contributed by atoms with Crippen molar-refractivity contribution in [1.29, 1.82) is 0 Å². The lowest BCUT2D eigenvalue weighted by Crippen LogP contribution is -2.53. The highest BCUT2D eigenvalue weighted by Crippen LogP contribution is 2.29. The smallest absolute Gasteiger partial charge is 0.318 e. The van der Waals surface area contributed by atoms with Gasteiger partial charge in [-0.1, -0.05) is 13.8 Å². The van der Waals surface area contributed by atoms with Gasteiger partial charge in [-0.05, 0) is 12.5 Å².